The van der Waals surface area contributed by atoms with Crippen LogP contribution in [0.2, 0.25) is 0 Å². The van der Waals surface area contributed by atoms with Crippen LogP contribution in [-0.2, 0) is 24.8 Å². The van der Waals surface area contributed by atoms with Crippen LogP contribution in [0.25, 0.3) is 32.8 Å². The molecule has 4 aromatic carbocycles. The average molecular weight is 647 g/mol. The molecule has 1 aliphatic rings. The maximum Gasteiger partial charge on any atom is 0.512 e. The van der Waals surface area contributed by atoms with E-state index in [1.807, 2.05) is 79.3 Å². The van der Waals surface area contributed by atoms with E-state index in [1.54, 1.807) is 0 Å². The van der Waals surface area contributed by atoms with E-state index in [-0.39, 0.29) is 12.5 Å². The molecule has 1 aliphatic heterocycles. The fourth-order valence-electron chi connectivity index (χ4n) is 6.49. The Labute approximate surface area is 278 Å². The summed E-state index contributed by atoms with van der Waals surface area (Å²) in [6.07, 6.45) is -0.159. The lowest BCUT2D eigenvalue weighted by atomic mass is 9.99. The van der Waals surface area contributed by atoms with Crippen molar-refractivity contribution in [2.24, 2.45) is 7.05 Å². The Balaban J connectivity index is 1.12. The number of aromatic amines is 1. The molecule has 246 valence electrons. The smallest absolute Gasteiger partial charge is 0.493 e. The number of morpholine rings is 1. The molecule has 6 aromatic rings. The molecule has 0 atom stereocenters. The van der Waals surface area contributed by atoms with Gasteiger partial charge in [-0.2, -0.15) is 5.10 Å². The number of carboxylic acid groups (broad SMARTS) is 1. The second-order valence-electron chi connectivity index (χ2n) is 11.9. The van der Waals surface area contributed by atoms with Crippen molar-refractivity contribution in [1.82, 2.24) is 14.8 Å². The number of para-hydroxylation sites is 1. The van der Waals surface area contributed by atoms with Gasteiger partial charge in [0.15, 0.2) is 0 Å². The SMILES string of the molecule is Cc1c(-c2cccc3c(CCCOc4cccc5ccccc45)c(OC(=O)O)[nH]c23)c(COc2ccc(N3CCOCC3)cc2)nn1C. The molecule has 0 amide bonds. The van der Waals surface area contributed by atoms with Gasteiger partial charge in [-0.3, -0.25) is 4.68 Å². The van der Waals surface area contributed by atoms with Gasteiger partial charge in [0, 0.05) is 59.0 Å². The van der Waals surface area contributed by atoms with Crippen molar-refractivity contribution >= 4 is 33.5 Å². The summed E-state index contributed by atoms with van der Waals surface area (Å²) in [5.74, 6) is 1.80. The average Bonchev–Trinajstić information content (AvgIpc) is 3.60. The zero-order chi connectivity index (χ0) is 33.0. The minimum atomic E-state index is -1.37. The molecule has 0 unspecified atom stereocenters. The molecule has 10 heteroatoms. The molecule has 10 nitrogen and oxygen atoms in total. The van der Waals surface area contributed by atoms with Gasteiger partial charge in [-0.15, -0.1) is 0 Å². The van der Waals surface area contributed by atoms with Crippen LogP contribution in [0, 0.1) is 6.92 Å². The van der Waals surface area contributed by atoms with Crippen LogP contribution < -0.4 is 19.1 Å². The van der Waals surface area contributed by atoms with Gasteiger partial charge in [-0.05, 0) is 55.5 Å². The number of aromatic nitrogens is 3. The third-order valence-corrected chi connectivity index (χ3v) is 8.93. The lowest BCUT2D eigenvalue weighted by Gasteiger charge is -2.28. The van der Waals surface area contributed by atoms with Gasteiger partial charge in [-0.25, -0.2) is 4.79 Å². The number of fused-ring (bicyclic) bond motifs is 2. The Morgan fingerprint density at radius 3 is 2.50 bits per heavy atom. The van der Waals surface area contributed by atoms with E-state index in [0.717, 1.165) is 93.2 Å². The van der Waals surface area contributed by atoms with Gasteiger partial charge in [0.2, 0.25) is 5.88 Å². The summed E-state index contributed by atoms with van der Waals surface area (Å²) in [6.45, 7) is 5.97. The first-order chi connectivity index (χ1) is 23.5. The molecule has 7 rings (SSSR count). The molecular weight excluding hydrogens is 608 g/mol. The zero-order valence-corrected chi connectivity index (χ0v) is 27.1. The predicted octanol–water partition coefficient (Wildman–Crippen LogP) is 7.51. The van der Waals surface area contributed by atoms with E-state index in [1.165, 1.54) is 0 Å². The van der Waals surface area contributed by atoms with E-state index in [0.29, 0.717) is 19.4 Å². The number of benzene rings is 4. The Morgan fingerprint density at radius 2 is 1.69 bits per heavy atom. The summed E-state index contributed by atoms with van der Waals surface area (Å²) in [7, 11) is 1.91. The fraction of sp³-hybridized carbons (Fsp3) is 0.263. The maximum absolute atomic E-state index is 11.7. The largest absolute Gasteiger partial charge is 0.512 e. The topological polar surface area (TPSA) is 111 Å². The molecule has 48 heavy (non-hydrogen) atoms. The molecule has 0 aliphatic carbocycles. The van der Waals surface area contributed by atoms with Gasteiger partial charge in [0.25, 0.3) is 0 Å². The summed E-state index contributed by atoms with van der Waals surface area (Å²) in [5, 5.41) is 17.5. The van der Waals surface area contributed by atoms with E-state index >= 15 is 0 Å². The Bertz CT molecular complexity index is 2050. The number of ether oxygens (including phenoxy) is 4. The van der Waals surface area contributed by atoms with Crippen molar-refractivity contribution in [3.63, 3.8) is 0 Å². The van der Waals surface area contributed by atoms with E-state index in [2.05, 4.69) is 34.1 Å². The third-order valence-electron chi connectivity index (χ3n) is 8.93. The first kappa shape index (κ1) is 31.1. The lowest BCUT2D eigenvalue weighted by molar-refractivity contribution is 0.122. The monoisotopic (exact) mass is 646 g/mol. The van der Waals surface area contributed by atoms with Crippen molar-refractivity contribution in [2.45, 2.75) is 26.4 Å². The highest BCUT2D eigenvalue weighted by molar-refractivity contribution is 5.99. The van der Waals surface area contributed by atoms with Crippen LogP contribution in [0.1, 0.15) is 23.4 Å². The van der Waals surface area contributed by atoms with Crippen LogP contribution in [0.3, 0.4) is 0 Å². The quantitative estimate of drug-likeness (QED) is 0.110. The summed E-state index contributed by atoms with van der Waals surface area (Å²) in [6, 6.07) is 28.2. The highest BCUT2D eigenvalue weighted by atomic mass is 16.7. The van der Waals surface area contributed by atoms with Crippen LogP contribution in [-0.4, -0.2) is 58.9 Å². The summed E-state index contributed by atoms with van der Waals surface area (Å²) < 4.78 is 25.0. The summed E-state index contributed by atoms with van der Waals surface area (Å²) in [4.78, 5) is 17.3. The van der Waals surface area contributed by atoms with Crippen LogP contribution in [0.15, 0.2) is 84.9 Å². The lowest BCUT2D eigenvalue weighted by Crippen LogP contribution is -2.36. The van der Waals surface area contributed by atoms with Crippen molar-refractivity contribution in [1.29, 1.82) is 0 Å². The molecule has 0 bridgehead atoms. The highest BCUT2D eigenvalue weighted by Gasteiger charge is 2.23. The molecule has 0 spiro atoms. The number of hydrogen-bond donors (Lipinski definition) is 2. The Hall–Kier alpha value is -5.48. The standard InChI is InChI=1S/C38H38N4O6/c1-25-35(33(40-41(25)2)24-47-28-17-15-27(16-18-28)42-19-22-45-23-20-42)32-12-6-11-30-31(37(39-36(30)32)48-38(43)44)13-7-21-46-34-14-5-9-26-8-3-4-10-29(26)34/h3-6,8-12,14-18,39H,7,13,19-24H2,1-2H3,(H,43,44). The maximum atomic E-state index is 11.7. The normalized spacial score (nSPS) is 13.2. The number of H-pyrrole nitrogens is 1. The number of hydrogen-bond acceptors (Lipinski definition) is 7. The van der Waals surface area contributed by atoms with E-state index < -0.39 is 6.16 Å². The van der Waals surface area contributed by atoms with Crippen molar-refractivity contribution < 1.29 is 28.8 Å². The van der Waals surface area contributed by atoms with Crippen molar-refractivity contribution in [3.05, 3.63) is 102 Å². The van der Waals surface area contributed by atoms with E-state index in [9.17, 15) is 9.90 Å². The molecule has 0 saturated carbocycles. The van der Waals surface area contributed by atoms with Gasteiger partial charge < -0.3 is 33.9 Å². The number of rotatable bonds is 11. The van der Waals surface area contributed by atoms with Gasteiger partial charge >= 0.3 is 6.16 Å². The predicted molar refractivity (Wildman–Crippen MR) is 185 cm³/mol. The number of anilines is 1. The van der Waals surface area contributed by atoms with Gasteiger partial charge in [-0.1, -0.05) is 54.6 Å². The van der Waals surface area contributed by atoms with Crippen molar-refractivity contribution in [3.8, 4) is 28.5 Å². The molecule has 3 heterocycles. The van der Waals surface area contributed by atoms with Crippen LogP contribution in [0.4, 0.5) is 10.5 Å². The van der Waals surface area contributed by atoms with Gasteiger partial charge in [0.05, 0.1) is 25.3 Å². The number of aryl methyl sites for hydroxylation is 2. The Kier molecular flexibility index (Phi) is 8.89. The third kappa shape index (κ3) is 6.39. The first-order valence-electron chi connectivity index (χ1n) is 16.2. The van der Waals surface area contributed by atoms with Crippen LogP contribution in [0.5, 0.6) is 17.4 Å². The molecular formula is C38H38N4O6. The minimum absolute atomic E-state index is 0.217. The summed E-state index contributed by atoms with van der Waals surface area (Å²) >= 11 is 0. The second kappa shape index (κ2) is 13.7. The minimum Gasteiger partial charge on any atom is -0.493 e. The highest BCUT2D eigenvalue weighted by Crippen LogP contribution is 2.38. The zero-order valence-electron chi connectivity index (χ0n) is 27.1. The second-order valence-corrected chi connectivity index (χ2v) is 11.9. The molecule has 0 radical (unpaired) electrons. The number of nitrogens with one attached hydrogen (secondary N) is 1. The molecule has 1 fully saturated rings. The fourth-order valence-corrected chi connectivity index (χ4v) is 6.49. The van der Waals surface area contributed by atoms with Crippen molar-refractivity contribution in [2.75, 3.05) is 37.8 Å². The summed E-state index contributed by atoms with van der Waals surface area (Å²) in [5.41, 5.74) is 6.29. The van der Waals surface area contributed by atoms with Gasteiger partial charge in [0.1, 0.15) is 23.8 Å². The molecule has 2 N–H and O–H groups in total. The number of nitrogens with zero attached hydrogens (tertiary/aromatic N) is 3. The van der Waals surface area contributed by atoms with E-state index in [4.69, 9.17) is 24.0 Å². The first-order valence-corrected chi connectivity index (χ1v) is 16.2. The molecule has 2 aromatic heterocycles. The van der Waals surface area contributed by atoms with Crippen LogP contribution >= 0.6 is 0 Å². The number of carbonyl (C=O) groups is 1. The Morgan fingerprint density at radius 1 is 0.938 bits per heavy atom. The molecule has 1 saturated heterocycles.